The number of guanidine groups is 1. The topological polar surface area (TPSA) is 53.0 Å². The van der Waals surface area contributed by atoms with E-state index in [-0.39, 0.29) is 24.0 Å². The molecule has 0 unspecified atom stereocenters. The SMILES string of the molecule is CN=C(NCc1cccnc1N1CCOCC1)N(C)Cc1ccc(C(F)(F)F)cc1.I. The highest BCUT2D eigenvalue weighted by Crippen LogP contribution is 2.29. The van der Waals surface area contributed by atoms with Gasteiger partial charge in [0.25, 0.3) is 0 Å². The van der Waals surface area contributed by atoms with Crippen molar-refractivity contribution in [2.45, 2.75) is 19.3 Å². The number of halogens is 4. The summed E-state index contributed by atoms with van der Waals surface area (Å²) in [6.45, 7) is 3.92. The van der Waals surface area contributed by atoms with E-state index in [1.54, 1.807) is 13.2 Å². The Morgan fingerprint density at radius 2 is 1.87 bits per heavy atom. The van der Waals surface area contributed by atoms with E-state index < -0.39 is 11.7 Å². The van der Waals surface area contributed by atoms with E-state index in [9.17, 15) is 13.2 Å². The zero-order valence-electron chi connectivity index (χ0n) is 17.5. The first-order valence-corrected chi connectivity index (χ1v) is 9.73. The Labute approximate surface area is 197 Å². The second-order valence-electron chi connectivity index (χ2n) is 7.04. The number of nitrogens with one attached hydrogen (secondary N) is 1. The standard InChI is InChI=1S/C21H26F3N5O.HI/c1-25-20(28(2)15-16-5-7-18(8-6-16)21(22,23)24)27-14-17-4-3-9-26-19(17)29-10-12-30-13-11-29;/h3-9H,10-15H2,1-2H3,(H,25,27);1H. The minimum absolute atomic E-state index is 0. The molecule has 0 atom stereocenters. The van der Waals surface area contributed by atoms with Crippen LogP contribution in [0.5, 0.6) is 0 Å². The van der Waals surface area contributed by atoms with Gasteiger partial charge in [0.2, 0.25) is 0 Å². The molecule has 1 fully saturated rings. The molecule has 1 aromatic carbocycles. The van der Waals surface area contributed by atoms with Crippen LogP contribution in [0.3, 0.4) is 0 Å². The summed E-state index contributed by atoms with van der Waals surface area (Å²) in [7, 11) is 3.52. The van der Waals surface area contributed by atoms with Crippen LogP contribution in [0.2, 0.25) is 0 Å². The summed E-state index contributed by atoms with van der Waals surface area (Å²) in [5.41, 5.74) is 1.16. The third-order valence-electron chi connectivity index (χ3n) is 4.89. The summed E-state index contributed by atoms with van der Waals surface area (Å²) in [6, 6.07) is 9.10. The molecule has 0 saturated carbocycles. The fraction of sp³-hybridized carbons (Fsp3) is 0.429. The van der Waals surface area contributed by atoms with Gasteiger partial charge in [-0.15, -0.1) is 24.0 Å². The number of pyridine rings is 1. The third kappa shape index (κ3) is 6.96. The largest absolute Gasteiger partial charge is 0.416 e. The van der Waals surface area contributed by atoms with Crippen molar-refractivity contribution in [3.8, 4) is 0 Å². The summed E-state index contributed by atoms with van der Waals surface area (Å²) >= 11 is 0. The molecule has 10 heteroatoms. The molecule has 0 aliphatic carbocycles. The van der Waals surface area contributed by atoms with E-state index in [4.69, 9.17) is 4.74 Å². The molecular weight excluding hydrogens is 522 g/mol. The van der Waals surface area contributed by atoms with Crippen LogP contribution in [0.25, 0.3) is 0 Å². The monoisotopic (exact) mass is 549 g/mol. The molecule has 0 amide bonds. The number of rotatable bonds is 5. The number of alkyl halides is 3. The number of aromatic nitrogens is 1. The molecule has 0 radical (unpaired) electrons. The highest BCUT2D eigenvalue weighted by molar-refractivity contribution is 14.0. The van der Waals surface area contributed by atoms with Crippen LogP contribution in [-0.2, 0) is 24.0 Å². The molecule has 6 nitrogen and oxygen atoms in total. The molecule has 2 aromatic rings. The van der Waals surface area contributed by atoms with E-state index in [1.807, 2.05) is 24.1 Å². The second-order valence-corrected chi connectivity index (χ2v) is 7.04. The van der Waals surface area contributed by atoms with Crippen molar-refractivity contribution < 1.29 is 17.9 Å². The van der Waals surface area contributed by atoms with Crippen LogP contribution in [0, 0.1) is 0 Å². The Balaban J connectivity index is 0.00000341. The van der Waals surface area contributed by atoms with Gasteiger partial charge < -0.3 is 19.9 Å². The molecule has 1 saturated heterocycles. The molecule has 1 N–H and O–H groups in total. The number of benzene rings is 1. The summed E-state index contributed by atoms with van der Waals surface area (Å²) in [5, 5.41) is 3.32. The van der Waals surface area contributed by atoms with Crippen molar-refractivity contribution in [2.24, 2.45) is 4.99 Å². The maximum atomic E-state index is 12.7. The van der Waals surface area contributed by atoms with E-state index in [0.717, 1.165) is 42.2 Å². The lowest BCUT2D eigenvalue weighted by atomic mass is 10.1. The van der Waals surface area contributed by atoms with Crippen molar-refractivity contribution in [3.05, 3.63) is 59.3 Å². The molecule has 31 heavy (non-hydrogen) atoms. The lowest BCUT2D eigenvalue weighted by molar-refractivity contribution is -0.137. The van der Waals surface area contributed by atoms with Crippen molar-refractivity contribution >= 4 is 35.8 Å². The number of morpholine rings is 1. The van der Waals surface area contributed by atoms with Gasteiger partial charge >= 0.3 is 6.18 Å². The van der Waals surface area contributed by atoms with E-state index in [2.05, 4.69) is 20.2 Å². The molecule has 2 heterocycles. The number of anilines is 1. The molecule has 1 aromatic heterocycles. The molecular formula is C21H27F3IN5O. The molecule has 1 aliphatic heterocycles. The van der Waals surface area contributed by atoms with Crippen LogP contribution in [0.15, 0.2) is 47.6 Å². The van der Waals surface area contributed by atoms with Gasteiger partial charge in [0.1, 0.15) is 5.82 Å². The second kappa shape index (κ2) is 11.5. The van der Waals surface area contributed by atoms with Crippen LogP contribution >= 0.6 is 24.0 Å². The maximum absolute atomic E-state index is 12.7. The highest BCUT2D eigenvalue weighted by Gasteiger charge is 2.30. The van der Waals surface area contributed by atoms with Crippen molar-refractivity contribution in [1.82, 2.24) is 15.2 Å². The zero-order valence-corrected chi connectivity index (χ0v) is 19.9. The Morgan fingerprint density at radius 1 is 1.19 bits per heavy atom. The van der Waals surface area contributed by atoms with E-state index in [1.165, 1.54) is 12.1 Å². The quantitative estimate of drug-likeness (QED) is 0.350. The normalized spacial score (nSPS) is 14.7. The van der Waals surface area contributed by atoms with Gasteiger partial charge in [-0.1, -0.05) is 18.2 Å². The van der Waals surface area contributed by atoms with E-state index >= 15 is 0 Å². The zero-order chi connectivity index (χ0) is 21.6. The van der Waals surface area contributed by atoms with Gasteiger partial charge in [-0.2, -0.15) is 13.2 Å². The van der Waals surface area contributed by atoms with E-state index in [0.29, 0.717) is 32.3 Å². The average Bonchev–Trinajstić information content (AvgIpc) is 2.75. The van der Waals surface area contributed by atoms with Gasteiger partial charge in [-0.05, 0) is 23.8 Å². The number of ether oxygens (including phenoxy) is 1. The lowest BCUT2D eigenvalue weighted by Gasteiger charge is -2.30. The van der Waals surface area contributed by atoms with Gasteiger partial charge in [0, 0.05) is 52.0 Å². The van der Waals surface area contributed by atoms with Crippen LogP contribution in [0.1, 0.15) is 16.7 Å². The van der Waals surface area contributed by atoms with Crippen LogP contribution < -0.4 is 10.2 Å². The summed E-state index contributed by atoms with van der Waals surface area (Å²) in [4.78, 5) is 12.9. The number of hydrogen-bond acceptors (Lipinski definition) is 4. The molecule has 0 bridgehead atoms. The first-order valence-electron chi connectivity index (χ1n) is 9.73. The predicted molar refractivity (Wildman–Crippen MR) is 126 cm³/mol. The van der Waals surface area contributed by atoms with Gasteiger partial charge in [0.15, 0.2) is 5.96 Å². The molecule has 1 aliphatic rings. The fourth-order valence-corrected chi connectivity index (χ4v) is 3.34. The van der Waals surface area contributed by atoms with Crippen LogP contribution in [0.4, 0.5) is 19.0 Å². The number of aliphatic imine (C=N–C) groups is 1. The third-order valence-corrected chi connectivity index (χ3v) is 4.89. The minimum Gasteiger partial charge on any atom is -0.378 e. The predicted octanol–water partition coefficient (Wildman–Crippen LogP) is 3.76. The molecule has 170 valence electrons. The summed E-state index contributed by atoms with van der Waals surface area (Å²) < 4.78 is 43.6. The Hall–Kier alpha value is -2.08. The van der Waals surface area contributed by atoms with Crippen molar-refractivity contribution in [1.29, 1.82) is 0 Å². The Kier molecular flexibility index (Phi) is 9.35. The molecule has 3 rings (SSSR count). The maximum Gasteiger partial charge on any atom is 0.416 e. The first kappa shape index (κ1) is 25.2. The van der Waals surface area contributed by atoms with Crippen molar-refractivity contribution in [3.63, 3.8) is 0 Å². The molecule has 0 spiro atoms. The number of nitrogens with zero attached hydrogens (tertiary/aromatic N) is 4. The minimum atomic E-state index is -4.33. The van der Waals surface area contributed by atoms with Gasteiger partial charge in [-0.3, -0.25) is 4.99 Å². The smallest absolute Gasteiger partial charge is 0.378 e. The van der Waals surface area contributed by atoms with Crippen LogP contribution in [-0.4, -0.2) is 56.2 Å². The van der Waals surface area contributed by atoms with Gasteiger partial charge in [-0.25, -0.2) is 4.98 Å². The lowest BCUT2D eigenvalue weighted by Crippen LogP contribution is -2.40. The van der Waals surface area contributed by atoms with Crippen molar-refractivity contribution in [2.75, 3.05) is 45.3 Å². The Bertz CT molecular complexity index is 855. The fourth-order valence-electron chi connectivity index (χ4n) is 3.34. The first-order chi connectivity index (χ1) is 14.4. The van der Waals surface area contributed by atoms with Gasteiger partial charge in [0.05, 0.1) is 18.8 Å². The summed E-state index contributed by atoms with van der Waals surface area (Å²) in [6.07, 6.45) is -2.55. The summed E-state index contributed by atoms with van der Waals surface area (Å²) in [5.74, 6) is 1.57. The number of hydrogen-bond donors (Lipinski definition) is 1. The highest BCUT2D eigenvalue weighted by atomic mass is 127. The average molecular weight is 549 g/mol. The Morgan fingerprint density at radius 3 is 2.48 bits per heavy atom.